The standard InChI is InChI=1S/C15H18Cl2N4S/c1-11-13(16)14(17)21(20-11)9-5-8-18-15(22)19-10-12-6-3-2-4-7-12/h2-4,6-7H,5,8-10H2,1H3,(H2,18,19,22). The molecular formula is C15H18Cl2N4S. The summed E-state index contributed by atoms with van der Waals surface area (Å²) in [7, 11) is 0. The van der Waals surface area contributed by atoms with E-state index in [2.05, 4.69) is 27.9 Å². The monoisotopic (exact) mass is 356 g/mol. The number of nitrogens with zero attached hydrogens (tertiary/aromatic N) is 2. The van der Waals surface area contributed by atoms with Crippen LogP contribution in [0.4, 0.5) is 0 Å². The molecule has 118 valence electrons. The van der Waals surface area contributed by atoms with Crippen molar-refractivity contribution in [1.82, 2.24) is 20.4 Å². The Bertz CT molecular complexity index is 628. The van der Waals surface area contributed by atoms with Crippen LogP contribution in [0.25, 0.3) is 0 Å². The van der Waals surface area contributed by atoms with Gasteiger partial charge in [-0.15, -0.1) is 0 Å². The van der Waals surface area contributed by atoms with Crippen molar-refractivity contribution in [2.45, 2.75) is 26.4 Å². The number of benzene rings is 1. The highest BCUT2D eigenvalue weighted by Gasteiger charge is 2.10. The largest absolute Gasteiger partial charge is 0.363 e. The number of nitrogens with one attached hydrogen (secondary N) is 2. The Morgan fingerprint density at radius 3 is 2.59 bits per heavy atom. The molecule has 0 fully saturated rings. The molecule has 0 aliphatic carbocycles. The summed E-state index contributed by atoms with van der Waals surface area (Å²) < 4.78 is 1.71. The Labute approximate surface area is 145 Å². The van der Waals surface area contributed by atoms with Crippen LogP contribution in [0, 0.1) is 6.92 Å². The number of thiocarbonyl (C=S) groups is 1. The third kappa shape index (κ3) is 4.87. The van der Waals surface area contributed by atoms with E-state index in [1.807, 2.05) is 25.1 Å². The van der Waals surface area contributed by atoms with E-state index in [1.165, 1.54) is 5.56 Å². The molecule has 0 saturated heterocycles. The third-order valence-electron chi connectivity index (χ3n) is 3.12. The van der Waals surface area contributed by atoms with Crippen LogP contribution in [0.2, 0.25) is 10.2 Å². The summed E-state index contributed by atoms with van der Waals surface area (Å²) >= 11 is 17.3. The molecule has 0 bridgehead atoms. The summed E-state index contributed by atoms with van der Waals surface area (Å²) in [6.07, 6.45) is 0.852. The zero-order chi connectivity index (χ0) is 15.9. The van der Waals surface area contributed by atoms with Gasteiger partial charge in [0.15, 0.2) is 5.11 Å². The first-order chi connectivity index (χ1) is 10.6. The SMILES string of the molecule is Cc1nn(CCCNC(=S)NCc2ccccc2)c(Cl)c1Cl. The van der Waals surface area contributed by atoms with Crippen LogP contribution in [0.5, 0.6) is 0 Å². The minimum absolute atomic E-state index is 0.490. The van der Waals surface area contributed by atoms with Gasteiger partial charge in [0.1, 0.15) is 10.2 Å². The maximum Gasteiger partial charge on any atom is 0.166 e. The molecule has 2 N–H and O–H groups in total. The normalized spacial score (nSPS) is 10.5. The van der Waals surface area contributed by atoms with Crippen molar-refractivity contribution >= 4 is 40.5 Å². The number of aryl methyl sites for hydroxylation is 2. The second-order valence-electron chi connectivity index (χ2n) is 4.86. The molecule has 2 rings (SSSR count). The molecule has 0 spiro atoms. The van der Waals surface area contributed by atoms with Crippen LogP contribution < -0.4 is 10.6 Å². The van der Waals surface area contributed by atoms with E-state index in [0.717, 1.165) is 18.7 Å². The third-order valence-corrected chi connectivity index (χ3v) is 4.35. The minimum atomic E-state index is 0.490. The first kappa shape index (κ1) is 17.1. The zero-order valence-electron chi connectivity index (χ0n) is 12.3. The highest BCUT2D eigenvalue weighted by atomic mass is 35.5. The molecule has 1 aromatic heterocycles. The molecule has 2 aromatic rings. The van der Waals surface area contributed by atoms with Gasteiger partial charge in [-0.2, -0.15) is 5.10 Å². The summed E-state index contributed by atoms with van der Waals surface area (Å²) in [6, 6.07) is 10.1. The Morgan fingerprint density at radius 1 is 1.23 bits per heavy atom. The molecule has 0 aliphatic heterocycles. The van der Waals surface area contributed by atoms with E-state index in [4.69, 9.17) is 35.4 Å². The highest BCUT2D eigenvalue weighted by Crippen LogP contribution is 2.24. The molecule has 22 heavy (non-hydrogen) atoms. The van der Waals surface area contributed by atoms with Crippen molar-refractivity contribution in [3.05, 3.63) is 51.8 Å². The molecule has 7 heteroatoms. The van der Waals surface area contributed by atoms with Gasteiger partial charge in [0.25, 0.3) is 0 Å². The summed E-state index contributed by atoms with van der Waals surface area (Å²) in [6.45, 7) is 3.99. The van der Waals surface area contributed by atoms with E-state index < -0.39 is 0 Å². The Kier molecular flexibility index (Phi) is 6.49. The van der Waals surface area contributed by atoms with Crippen LogP contribution in [0.3, 0.4) is 0 Å². The van der Waals surface area contributed by atoms with Gasteiger partial charge in [0.05, 0.1) is 5.69 Å². The fourth-order valence-corrected chi connectivity index (χ4v) is 2.52. The maximum atomic E-state index is 6.08. The van der Waals surface area contributed by atoms with Crippen LogP contribution >= 0.6 is 35.4 Å². The van der Waals surface area contributed by atoms with Gasteiger partial charge in [0, 0.05) is 19.6 Å². The van der Waals surface area contributed by atoms with E-state index >= 15 is 0 Å². The van der Waals surface area contributed by atoms with Crippen molar-refractivity contribution in [3.8, 4) is 0 Å². The fourth-order valence-electron chi connectivity index (χ4n) is 1.95. The summed E-state index contributed by atoms with van der Waals surface area (Å²) in [5.41, 5.74) is 1.94. The molecule has 1 heterocycles. The lowest BCUT2D eigenvalue weighted by atomic mass is 10.2. The number of rotatable bonds is 6. The smallest absolute Gasteiger partial charge is 0.166 e. The van der Waals surface area contributed by atoms with Crippen LogP contribution in [-0.4, -0.2) is 21.4 Å². The Balaban J connectivity index is 1.66. The second-order valence-corrected chi connectivity index (χ2v) is 6.01. The van der Waals surface area contributed by atoms with E-state index in [0.29, 0.717) is 28.4 Å². The molecule has 0 aliphatic rings. The lowest BCUT2D eigenvalue weighted by Crippen LogP contribution is -2.35. The number of hydrogen-bond acceptors (Lipinski definition) is 2. The number of hydrogen-bond donors (Lipinski definition) is 2. The van der Waals surface area contributed by atoms with Crippen molar-refractivity contribution in [1.29, 1.82) is 0 Å². The summed E-state index contributed by atoms with van der Waals surface area (Å²) in [4.78, 5) is 0. The van der Waals surface area contributed by atoms with E-state index in [-0.39, 0.29) is 0 Å². The Hall–Kier alpha value is -1.30. The van der Waals surface area contributed by atoms with E-state index in [1.54, 1.807) is 4.68 Å². The van der Waals surface area contributed by atoms with Gasteiger partial charge < -0.3 is 10.6 Å². The van der Waals surface area contributed by atoms with Gasteiger partial charge in [0.2, 0.25) is 0 Å². The highest BCUT2D eigenvalue weighted by molar-refractivity contribution is 7.80. The maximum absolute atomic E-state index is 6.08. The first-order valence-electron chi connectivity index (χ1n) is 7.02. The predicted molar refractivity (Wildman–Crippen MR) is 95.5 cm³/mol. The number of halogens is 2. The van der Waals surface area contributed by atoms with Gasteiger partial charge >= 0.3 is 0 Å². The lowest BCUT2D eigenvalue weighted by molar-refractivity contribution is 0.569. The van der Waals surface area contributed by atoms with Gasteiger partial charge in [-0.3, -0.25) is 4.68 Å². The topological polar surface area (TPSA) is 41.9 Å². The quantitative estimate of drug-likeness (QED) is 0.613. The van der Waals surface area contributed by atoms with Gasteiger partial charge in [-0.25, -0.2) is 0 Å². The van der Waals surface area contributed by atoms with Crippen molar-refractivity contribution in [2.24, 2.45) is 0 Å². The average molecular weight is 357 g/mol. The molecule has 0 amide bonds. The summed E-state index contributed by atoms with van der Waals surface area (Å²) in [5, 5.41) is 12.3. The second kappa shape index (κ2) is 8.36. The van der Waals surface area contributed by atoms with Crippen LogP contribution in [0.15, 0.2) is 30.3 Å². The molecule has 4 nitrogen and oxygen atoms in total. The van der Waals surface area contributed by atoms with Crippen LogP contribution in [0.1, 0.15) is 17.7 Å². The number of aromatic nitrogens is 2. The molecular weight excluding hydrogens is 339 g/mol. The lowest BCUT2D eigenvalue weighted by Gasteiger charge is -2.10. The van der Waals surface area contributed by atoms with Crippen molar-refractivity contribution in [2.75, 3.05) is 6.54 Å². The van der Waals surface area contributed by atoms with Crippen molar-refractivity contribution < 1.29 is 0 Å². The predicted octanol–water partition coefficient (Wildman–Crippen LogP) is 3.55. The Morgan fingerprint density at radius 2 is 1.95 bits per heavy atom. The van der Waals surface area contributed by atoms with E-state index in [9.17, 15) is 0 Å². The molecule has 0 unspecified atom stereocenters. The molecule has 1 aromatic carbocycles. The van der Waals surface area contributed by atoms with Gasteiger partial charge in [-0.05, 0) is 31.1 Å². The molecule has 0 saturated carbocycles. The van der Waals surface area contributed by atoms with Gasteiger partial charge in [-0.1, -0.05) is 53.5 Å². The van der Waals surface area contributed by atoms with Crippen molar-refractivity contribution in [3.63, 3.8) is 0 Å². The van der Waals surface area contributed by atoms with Crippen LogP contribution in [-0.2, 0) is 13.1 Å². The molecule has 0 radical (unpaired) electrons. The zero-order valence-corrected chi connectivity index (χ0v) is 14.6. The average Bonchev–Trinajstić information content (AvgIpc) is 2.78. The molecule has 0 atom stereocenters. The summed E-state index contributed by atoms with van der Waals surface area (Å²) in [5.74, 6) is 0. The minimum Gasteiger partial charge on any atom is -0.363 e. The fraction of sp³-hybridized carbons (Fsp3) is 0.333. The first-order valence-corrected chi connectivity index (χ1v) is 8.18.